The van der Waals surface area contributed by atoms with E-state index in [-0.39, 0.29) is 0 Å². The Morgan fingerprint density at radius 1 is 1.38 bits per heavy atom. The number of carboxylic acid groups (broad SMARTS) is 1. The van der Waals surface area contributed by atoms with Crippen molar-refractivity contribution in [1.29, 1.82) is 0 Å². The number of likely N-dealkylation sites (tertiary alicyclic amines) is 1. The molecule has 2 atom stereocenters. The van der Waals surface area contributed by atoms with Crippen LogP contribution in [0.25, 0.3) is 5.69 Å². The number of benzene rings is 1. The molecule has 126 valence electrons. The summed E-state index contributed by atoms with van der Waals surface area (Å²) >= 11 is 3.44. The van der Waals surface area contributed by atoms with Gasteiger partial charge >= 0.3 is 5.97 Å². The van der Waals surface area contributed by atoms with E-state index in [1.54, 1.807) is 0 Å². The van der Waals surface area contributed by atoms with Gasteiger partial charge in [-0.25, -0.2) is 4.68 Å². The molecule has 0 amide bonds. The molecule has 24 heavy (non-hydrogen) atoms. The summed E-state index contributed by atoms with van der Waals surface area (Å²) in [4.78, 5) is 14.1. The second-order valence-corrected chi connectivity index (χ2v) is 7.91. The molecule has 0 bridgehead atoms. The van der Waals surface area contributed by atoms with E-state index >= 15 is 0 Å². The Kier molecular flexibility index (Phi) is 3.96. The number of aliphatic carboxylic acids is 1. The van der Waals surface area contributed by atoms with Gasteiger partial charge in [-0.3, -0.25) is 9.69 Å². The van der Waals surface area contributed by atoms with Crippen molar-refractivity contribution in [1.82, 2.24) is 14.7 Å². The van der Waals surface area contributed by atoms with Crippen LogP contribution in [0.5, 0.6) is 0 Å². The molecule has 2 heterocycles. The Balaban J connectivity index is 1.47. The SMILES string of the molecule is O=C(O)[C@@]12CCC[C@H]1CN(Cc1cnn(-c3ccc(Br)cc3)c1)C2. The molecule has 1 saturated heterocycles. The third-order valence-electron chi connectivity index (χ3n) is 5.50. The lowest BCUT2D eigenvalue weighted by atomic mass is 9.81. The van der Waals surface area contributed by atoms with E-state index in [1.165, 1.54) is 0 Å². The zero-order chi connectivity index (χ0) is 16.7. The number of hydrogen-bond acceptors (Lipinski definition) is 3. The Labute approximate surface area is 149 Å². The summed E-state index contributed by atoms with van der Waals surface area (Å²) in [7, 11) is 0. The first-order chi connectivity index (χ1) is 11.6. The summed E-state index contributed by atoms with van der Waals surface area (Å²) < 4.78 is 2.91. The quantitative estimate of drug-likeness (QED) is 0.870. The molecule has 2 aromatic rings. The third-order valence-corrected chi connectivity index (χ3v) is 6.03. The maximum atomic E-state index is 11.8. The molecule has 1 aromatic carbocycles. The maximum absolute atomic E-state index is 11.8. The highest BCUT2D eigenvalue weighted by Gasteiger charge is 2.54. The topological polar surface area (TPSA) is 58.4 Å². The highest BCUT2D eigenvalue weighted by molar-refractivity contribution is 9.10. The predicted molar refractivity (Wildman–Crippen MR) is 94.0 cm³/mol. The number of halogens is 1. The fourth-order valence-electron chi connectivity index (χ4n) is 4.30. The van der Waals surface area contributed by atoms with E-state index in [1.807, 2.05) is 41.3 Å². The number of nitrogens with zero attached hydrogens (tertiary/aromatic N) is 3. The van der Waals surface area contributed by atoms with Gasteiger partial charge in [0.15, 0.2) is 0 Å². The Bertz CT molecular complexity index is 758. The van der Waals surface area contributed by atoms with Gasteiger partial charge in [-0.15, -0.1) is 0 Å². The molecule has 2 fully saturated rings. The van der Waals surface area contributed by atoms with Crippen molar-refractivity contribution >= 4 is 21.9 Å². The second-order valence-electron chi connectivity index (χ2n) is 6.99. The molecular formula is C18H20BrN3O2. The highest BCUT2D eigenvalue weighted by atomic mass is 79.9. The smallest absolute Gasteiger partial charge is 0.311 e. The van der Waals surface area contributed by atoms with Crippen LogP contribution in [0.2, 0.25) is 0 Å². The van der Waals surface area contributed by atoms with Gasteiger partial charge in [0.25, 0.3) is 0 Å². The van der Waals surface area contributed by atoms with E-state index in [4.69, 9.17) is 0 Å². The molecule has 0 radical (unpaired) electrons. The number of rotatable bonds is 4. The van der Waals surface area contributed by atoms with E-state index in [0.29, 0.717) is 12.5 Å². The van der Waals surface area contributed by atoms with Crippen LogP contribution < -0.4 is 0 Å². The molecule has 0 spiro atoms. The van der Waals surface area contributed by atoms with Crippen molar-refractivity contribution < 1.29 is 9.90 Å². The van der Waals surface area contributed by atoms with Gasteiger partial charge in [-0.1, -0.05) is 22.4 Å². The van der Waals surface area contributed by atoms with Crippen molar-refractivity contribution in [2.24, 2.45) is 11.3 Å². The molecule has 6 heteroatoms. The van der Waals surface area contributed by atoms with Gasteiger partial charge in [-0.2, -0.15) is 5.10 Å². The average Bonchev–Trinajstić information content (AvgIpc) is 3.22. The van der Waals surface area contributed by atoms with Gasteiger partial charge in [0.1, 0.15) is 0 Å². The molecule has 5 nitrogen and oxygen atoms in total. The van der Waals surface area contributed by atoms with E-state index in [0.717, 1.165) is 48.1 Å². The Morgan fingerprint density at radius 2 is 2.17 bits per heavy atom. The lowest BCUT2D eigenvalue weighted by molar-refractivity contribution is -0.149. The Morgan fingerprint density at radius 3 is 2.88 bits per heavy atom. The van der Waals surface area contributed by atoms with Crippen molar-refractivity contribution in [2.45, 2.75) is 25.8 Å². The van der Waals surface area contributed by atoms with Crippen LogP contribution in [0, 0.1) is 11.3 Å². The van der Waals surface area contributed by atoms with E-state index < -0.39 is 11.4 Å². The van der Waals surface area contributed by atoms with Gasteiger partial charge < -0.3 is 5.11 Å². The summed E-state index contributed by atoms with van der Waals surface area (Å²) in [6, 6.07) is 8.02. The first kappa shape index (κ1) is 15.8. The summed E-state index contributed by atoms with van der Waals surface area (Å²) in [6.07, 6.45) is 6.82. The molecule has 1 saturated carbocycles. The summed E-state index contributed by atoms with van der Waals surface area (Å²) in [6.45, 7) is 2.31. The third kappa shape index (κ3) is 2.67. The molecule has 1 aromatic heterocycles. The van der Waals surface area contributed by atoms with Crippen LogP contribution in [-0.4, -0.2) is 38.8 Å². The van der Waals surface area contributed by atoms with Gasteiger partial charge in [0, 0.05) is 35.9 Å². The number of carboxylic acids is 1. The second kappa shape index (κ2) is 6.01. The number of carbonyl (C=O) groups is 1. The zero-order valence-electron chi connectivity index (χ0n) is 13.4. The van der Waals surface area contributed by atoms with Crippen LogP contribution in [0.1, 0.15) is 24.8 Å². The number of fused-ring (bicyclic) bond motifs is 1. The van der Waals surface area contributed by atoms with E-state index in [9.17, 15) is 9.90 Å². The Hall–Kier alpha value is -1.66. The lowest BCUT2D eigenvalue weighted by Crippen LogP contribution is -2.35. The minimum Gasteiger partial charge on any atom is -0.481 e. The van der Waals surface area contributed by atoms with Crippen LogP contribution in [0.15, 0.2) is 41.1 Å². The fraction of sp³-hybridized carbons (Fsp3) is 0.444. The first-order valence-electron chi connectivity index (χ1n) is 8.32. The van der Waals surface area contributed by atoms with E-state index in [2.05, 4.69) is 25.9 Å². The standard InChI is InChI=1S/C18H20BrN3O2/c19-15-3-5-16(6-4-15)22-10-13(8-20-22)9-21-11-14-2-1-7-18(14,12-21)17(23)24/h3-6,8,10,14H,1-2,7,9,11-12H2,(H,23,24)/t14-,18+/m0/s1. The van der Waals surface area contributed by atoms with Gasteiger partial charge in [0.2, 0.25) is 0 Å². The zero-order valence-corrected chi connectivity index (χ0v) is 14.9. The highest BCUT2D eigenvalue weighted by Crippen LogP contribution is 2.49. The predicted octanol–water partition coefficient (Wildman–Crippen LogP) is 3.32. The molecule has 1 aliphatic heterocycles. The summed E-state index contributed by atoms with van der Waals surface area (Å²) in [5, 5.41) is 14.1. The van der Waals surface area contributed by atoms with Gasteiger partial charge in [0.05, 0.1) is 17.3 Å². The minimum absolute atomic E-state index is 0.302. The molecule has 1 N–H and O–H groups in total. The largest absolute Gasteiger partial charge is 0.481 e. The van der Waals surface area contributed by atoms with Crippen molar-refractivity contribution in [2.75, 3.05) is 13.1 Å². The van der Waals surface area contributed by atoms with Crippen molar-refractivity contribution in [3.8, 4) is 5.69 Å². The van der Waals surface area contributed by atoms with Crippen LogP contribution >= 0.6 is 15.9 Å². The van der Waals surface area contributed by atoms with Gasteiger partial charge in [-0.05, 0) is 43.0 Å². The van der Waals surface area contributed by atoms with Crippen molar-refractivity contribution in [3.63, 3.8) is 0 Å². The summed E-state index contributed by atoms with van der Waals surface area (Å²) in [5.41, 5.74) is 1.63. The molecular weight excluding hydrogens is 370 g/mol. The van der Waals surface area contributed by atoms with Crippen LogP contribution in [-0.2, 0) is 11.3 Å². The first-order valence-corrected chi connectivity index (χ1v) is 9.11. The number of aromatic nitrogens is 2. The lowest BCUT2D eigenvalue weighted by Gasteiger charge is -2.23. The molecule has 0 unspecified atom stereocenters. The monoisotopic (exact) mass is 389 g/mol. The molecule has 2 aliphatic rings. The van der Waals surface area contributed by atoms with Crippen molar-refractivity contribution in [3.05, 3.63) is 46.7 Å². The summed E-state index contributed by atoms with van der Waals surface area (Å²) in [5.74, 6) is -0.311. The minimum atomic E-state index is -0.613. The molecule has 1 aliphatic carbocycles. The van der Waals surface area contributed by atoms with Crippen LogP contribution in [0.3, 0.4) is 0 Å². The maximum Gasteiger partial charge on any atom is 0.311 e. The normalized spacial score (nSPS) is 26.6. The number of hydrogen-bond donors (Lipinski definition) is 1. The molecule has 4 rings (SSSR count). The van der Waals surface area contributed by atoms with Crippen LogP contribution in [0.4, 0.5) is 0 Å². The fourth-order valence-corrected chi connectivity index (χ4v) is 4.56. The average molecular weight is 390 g/mol.